The second-order valence-corrected chi connectivity index (χ2v) is 9.35. The van der Waals surface area contributed by atoms with E-state index in [9.17, 15) is 9.59 Å². The number of nitrogens with one attached hydrogen (secondary N) is 1. The molecule has 1 aliphatic heterocycles. The zero-order valence-corrected chi connectivity index (χ0v) is 20.1. The van der Waals surface area contributed by atoms with E-state index >= 15 is 0 Å². The van der Waals surface area contributed by atoms with Gasteiger partial charge < -0.3 is 10.1 Å². The van der Waals surface area contributed by atoms with Crippen molar-refractivity contribution in [3.05, 3.63) is 50.3 Å². The molecule has 2 aromatic rings. The molecule has 0 atom stereocenters. The number of benzene rings is 1. The van der Waals surface area contributed by atoms with E-state index in [0.717, 1.165) is 49.6 Å². The number of ether oxygens (including phenoxy) is 1. The van der Waals surface area contributed by atoms with Crippen molar-refractivity contribution in [3.8, 4) is 0 Å². The first-order valence-corrected chi connectivity index (χ1v) is 11.9. The summed E-state index contributed by atoms with van der Waals surface area (Å²) in [5, 5.41) is 4.78. The summed E-state index contributed by atoms with van der Waals surface area (Å²) < 4.78 is 5.12. The van der Waals surface area contributed by atoms with Crippen LogP contribution in [-0.4, -0.2) is 61.0 Å². The van der Waals surface area contributed by atoms with Crippen LogP contribution in [0, 0.1) is 0 Å². The highest BCUT2D eigenvalue weighted by Crippen LogP contribution is 2.29. The van der Waals surface area contributed by atoms with Crippen molar-refractivity contribution in [2.75, 3.05) is 44.6 Å². The Balaban J connectivity index is 1.51. The van der Waals surface area contributed by atoms with Gasteiger partial charge in [0, 0.05) is 47.6 Å². The molecule has 0 aliphatic carbocycles. The maximum absolute atomic E-state index is 12.6. The van der Waals surface area contributed by atoms with E-state index in [1.165, 1.54) is 11.3 Å². The van der Waals surface area contributed by atoms with E-state index in [2.05, 4.69) is 15.1 Å². The molecule has 1 saturated heterocycles. The third kappa shape index (κ3) is 6.67. The van der Waals surface area contributed by atoms with Crippen LogP contribution in [0.4, 0.5) is 5.00 Å². The minimum Gasteiger partial charge on any atom is -0.462 e. The van der Waals surface area contributed by atoms with Gasteiger partial charge in [0.1, 0.15) is 5.00 Å². The summed E-state index contributed by atoms with van der Waals surface area (Å²) in [6.45, 7) is 8.40. The summed E-state index contributed by atoms with van der Waals surface area (Å²) in [6, 6.07) is 7.37. The van der Waals surface area contributed by atoms with Crippen molar-refractivity contribution in [1.29, 1.82) is 0 Å². The number of piperazine rings is 1. The fraction of sp³-hybridized carbons (Fsp3) is 0.455. The zero-order chi connectivity index (χ0) is 22.4. The predicted octanol–water partition coefficient (Wildman–Crippen LogP) is 4.55. The van der Waals surface area contributed by atoms with Crippen LogP contribution >= 0.6 is 34.5 Å². The number of anilines is 1. The number of aryl methyl sites for hydroxylation is 1. The molecule has 1 aliphatic rings. The van der Waals surface area contributed by atoms with Crippen molar-refractivity contribution in [3.63, 3.8) is 0 Å². The van der Waals surface area contributed by atoms with Crippen LogP contribution in [-0.2, 0) is 22.5 Å². The molecule has 6 nitrogen and oxygen atoms in total. The molecule has 1 aromatic heterocycles. The first-order chi connectivity index (χ1) is 14.9. The van der Waals surface area contributed by atoms with Gasteiger partial charge in [-0.1, -0.05) is 36.2 Å². The topological polar surface area (TPSA) is 61.9 Å². The van der Waals surface area contributed by atoms with Crippen LogP contribution in [0.1, 0.15) is 34.6 Å². The number of hydrogen-bond donors (Lipinski definition) is 1. The van der Waals surface area contributed by atoms with Gasteiger partial charge in [-0.05, 0) is 37.1 Å². The Morgan fingerprint density at radius 3 is 2.45 bits per heavy atom. The number of hydrogen-bond acceptors (Lipinski definition) is 6. The van der Waals surface area contributed by atoms with Crippen LogP contribution in [0.25, 0.3) is 0 Å². The van der Waals surface area contributed by atoms with Crippen molar-refractivity contribution in [2.45, 2.75) is 26.8 Å². The molecule has 168 valence electrons. The minimum absolute atomic E-state index is 0.121. The molecule has 0 saturated carbocycles. The van der Waals surface area contributed by atoms with Crippen molar-refractivity contribution in [1.82, 2.24) is 9.80 Å². The number of carbonyl (C=O) groups excluding carboxylic acids is 2. The molecule has 0 radical (unpaired) electrons. The second kappa shape index (κ2) is 11.3. The molecule has 9 heteroatoms. The number of nitrogens with zero attached hydrogens (tertiary/aromatic N) is 2. The van der Waals surface area contributed by atoms with Gasteiger partial charge in [-0.15, -0.1) is 11.3 Å². The Bertz CT molecular complexity index is 927. The highest BCUT2D eigenvalue weighted by molar-refractivity contribution is 7.16. The number of carbonyl (C=O) groups is 2. The minimum atomic E-state index is -0.400. The number of thiophene rings is 1. The standard InChI is InChI=1S/C22H27Cl2N3O3S/c1-3-17-12-18(22(29)30-4-2)21(31-17)25-20(28)14-27-9-7-26(8-10-27)13-15-5-6-16(23)11-19(15)24/h5-6,11-12H,3-4,7-10,13-14H2,1-2H3,(H,25,28). The van der Waals surface area contributed by atoms with E-state index in [1.807, 2.05) is 19.1 Å². The fourth-order valence-corrected chi connectivity index (χ4v) is 4.90. The van der Waals surface area contributed by atoms with Crippen molar-refractivity contribution in [2.24, 2.45) is 0 Å². The van der Waals surface area contributed by atoms with E-state index in [4.69, 9.17) is 27.9 Å². The van der Waals surface area contributed by atoms with Gasteiger partial charge >= 0.3 is 5.97 Å². The van der Waals surface area contributed by atoms with E-state index in [-0.39, 0.29) is 12.5 Å². The van der Waals surface area contributed by atoms with Crippen LogP contribution in [0.2, 0.25) is 10.0 Å². The number of esters is 1. The smallest absolute Gasteiger partial charge is 0.341 e. The Kier molecular flexibility index (Phi) is 8.75. The van der Waals surface area contributed by atoms with Crippen molar-refractivity contribution >= 4 is 51.4 Å². The molecule has 0 bridgehead atoms. The number of rotatable bonds is 8. The molecule has 1 N–H and O–H groups in total. The van der Waals surface area contributed by atoms with E-state index < -0.39 is 5.97 Å². The summed E-state index contributed by atoms with van der Waals surface area (Å²) in [5.41, 5.74) is 1.48. The third-order valence-corrected chi connectivity index (χ3v) is 6.90. The van der Waals surface area contributed by atoms with Crippen LogP contribution in [0.3, 0.4) is 0 Å². The Morgan fingerprint density at radius 1 is 1.10 bits per heavy atom. The lowest BCUT2D eigenvalue weighted by Gasteiger charge is -2.34. The van der Waals surface area contributed by atoms with Gasteiger partial charge in [-0.2, -0.15) is 0 Å². The summed E-state index contributed by atoms with van der Waals surface area (Å²) in [4.78, 5) is 30.3. The molecule has 1 fully saturated rings. The van der Waals surface area contributed by atoms with Crippen LogP contribution < -0.4 is 5.32 Å². The maximum atomic E-state index is 12.6. The zero-order valence-electron chi connectivity index (χ0n) is 17.7. The maximum Gasteiger partial charge on any atom is 0.341 e. The Hall–Kier alpha value is -1.64. The van der Waals surface area contributed by atoms with E-state index in [0.29, 0.717) is 27.2 Å². The third-order valence-electron chi connectivity index (χ3n) is 5.12. The molecule has 1 aromatic carbocycles. The van der Waals surface area contributed by atoms with Crippen LogP contribution in [0.5, 0.6) is 0 Å². The molecule has 0 spiro atoms. The first kappa shape index (κ1) is 24.0. The normalized spacial score (nSPS) is 15.1. The first-order valence-electron chi connectivity index (χ1n) is 10.4. The molecular formula is C22H27Cl2N3O3S. The lowest BCUT2D eigenvalue weighted by Crippen LogP contribution is -2.48. The average Bonchev–Trinajstić information content (AvgIpc) is 3.14. The lowest BCUT2D eigenvalue weighted by molar-refractivity contribution is -0.117. The monoisotopic (exact) mass is 483 g/mol. The molecule has 1 amide bonds. The Labute approximate surface area is 197 Å². The second-order valence-electron chi connectivity index (χ2n) is 7.37. The SMILES string of the molecule is CCOC(=O)c1cc(CC)sc1NC(=O)CN1CCN(Cc2ccc(Cl)cc2Cl)CC1. The number of halogens is 2. The van der Waals surface area contributed by atoms with E-state index in [1.54, 1.807) is 19.1 Å². The van der Waals surface area contributed by atoms with Gasteiger partial charge in [-0.3, -0.25) is 14.6 Å². The predicted molar refractivity (Wildman–Crippen MR) is 126 cm³/mol. The lowest BCUT2D eigenvalue weighted by atomic mass is 10.2. The molecule has 0 unspecified atom stereocenters. The van der Waals surface area contributed by atoms with Gasteiger partial charge in [0.25, 0.3) is 0 Å². The average molecular weight is 484 g/mol. The molecule has 3 rings (SSSR count). The quantitative estimate of drug-likeness (QED) is 0.557. The van der Waals surface area contributed by atoms with Gasteiger partial charge in [-0.25, -0.2) is 4.79 Å². The summed E-state index contributed by atoms with van der Waals surface area (Å²) in [6.07, 6.45) is 0.798. The largest absolute Gasteiger partial charge is 0.462 e. The fourth-order valence-electron chi connectivity index (χ4n) is 3.44. The summed E-state index contributed by atoms with van der Waals surface area (Å²) in [7, 11) is 0. The van der Waals surface area contributed by atoms with Gasteiger partial charge in [0.15, 0.2) is 0 Å². The summed E-state index contributed by atoms with van der Waals surface area (Å²) >= 11 is 13.7. The Morgan fingerprint density at radius 2 is 1.81 bits per heavy atom. The highest BCUT2D eigenvalue weighted by Gasteiger charge is 2.22. The van der Waals surface area contributed by atoms with Gasteiger partial charge in [0.05, 0.1) is 18.7 Å². The highest BCUT2D eigenvalue weighted by atomic mass is 35.5. The number of amides is 1. The van der Waals surface area contributed by atoms with Crippen LogP contribution in [0.15, 0.2) is 24.3 Å². The summed E-state index contributed by atoms with van der Waals surface area (Å²) in [5.74, 6) is -0.521. The molecular weight excluding hydrogens is 457 g/mol. The van der Waals surface area contributed by atoms with Crippen molar-refractivity contribution < 1.29 is 14.3 Å². The molecule has 31 heavy (non-hydrogen) atoms. The molecule has 2 heterocycles. The van der Waals surface area contributed by atoms with Gasteiger partial charge in [0.2, 0.25) is 5.91 Å².